The summed E-state index contributed by atoms with van der Waals surface area (Å²) in [5, 5.41) is 0. The van der Waals surface area contributed by atoms with Gasteiger partial charge in [0.05, 0.1) is 6.10 Å². The fraction of sp³-hybridized carbons (Fsp3) is 1.00. The topological polar surface area (TPSA) is 44.5 Å². The molecule has 88 valence electrons. The SMILES string of the molecule is CC1OCCC1C(N)CC1CCOCC1. The molecule has 0 aliphatic carbocycles. The minimum atomic E-state index is 0.325. The normalized spacial score (nSPS) is 35.6. The molecule has 0 saturated carbocycles. The van der Waals surface area contributed by atoms with Crippen molar-refractivity contribution in [3.05, 3.63) is 0 Å². The van der Waals surface area contributed by atoms with E-state index in [1.807, 2.05) is 0 Å². The summed E-state index contributed by atoms with van der Waals surface area (Å²) in [5.74, 6) is 1.36. The second-order valence-electron chi connectivity index (χ2n) is 4.98. The Hall–Kier alpha value is -0.120. The molecule has 0 spiro atoms. The van der Waals surface area contributed by atoms with E-state index < -0.39 is 0 Å². The van der Waals surface area contributed by atoms with E-state index in [-0.39, 0.29) is 0 Å². The highest BCUT2D eigenvalue weighted by Crippen LogP contribution is 2.28. The van der Waals surface area contributed by atoms with Crippen molar-refractivity contribution >= 4 is 0 Å². The van der Waals surface area contributed by atoms with Crippen LogP contribution in [0.15, 0.2) is 0 Å². The number of hydrogen-bond donors (Lipinski definition) is 1. The van der Waals surface area contributed by atoms with E-state index in [0.29, 0.717) is 18.1 Å². The minimum Gasteiger partial charge on any atom is -0.381 e. The number of ether oxygens (including phenoxy) is 2. The molecule has 2 saturated heterocycles. The predicted molar refractivity (Wildman–Crippen MR) is 59.7 cm³/mol. The van der Waals surface area contributed by atoms with Crippen molar-refractivity contribution in [1.82, 2.24) is 0 Å². The molecular weight excluding hydrogens is 190 g/mol. The maximum absolute atomic E-state index is 6.28. The lowest BCUT2D eigenvalue weighted by Gasteiger charge is -2.28. The molecule has 3 unspecified atom stereocenters. The first kappa shape index (κ1) is 11.4. The molecule has 2 aliphatic rings. The lowest BCUT2D eigenvalue weighted by Crippen LogP contribution is -2.37. The summed E-state index contributed by atoms with van der Waals surface area (Å²) < 4.78 is 10.9. The Kier molecular flexibility index (Phi) is 4.00. The van der Waals surface area contributed by atoms with Crippen molar-refractivity contribution in [2.45, 2.75) is 44.8 Å². The average molecular weight is 213 g/mol. The second kappa shape index (κ2) is 5.28. The standard InChI is InChI=1S/C12H23NO2/c1-9-11(4-7-15-9)12(13)8-10-2-5-14-6-3-10/h9-12H,2-8,13H2,1H3. The van der Waals surface area contributed by atoms with E-state index in [1.54, 1.807) is 0 Å². The molecular formula is C12H23NO2. The van der Waals surface area contributed by atoms with Crippen LogP contribution in [0.1, 0.15) is 32.6 Å². The maximum Gasteiger partial charge on any atom is 0.0590 e. The molecule has 2 heterocycles. The molecule has 2 N–H and O–H groups in total. The van der Waals surface area contributed by atoms with Crippen LogP contribution in [0, 0.1) is 11.8 Å². The molecule has 0 aromatic heterocycles. The third-order valence-corrected chi connectivity index (χ3v) is 3.93. The van der Waals surface area contributed by atoms with Crippen molar-refractivity contribution < 1.29 is 9.47 Å². The van der Waals surface area contributed by atoms with Gasteiger partial charge in [-0.3, -0.25) is 0 Å². The Morgan fingerprint density at radius 3 is 2.53 bits per heavy atom. The summed E-state index contributed by atoms with van der Waals surface area (Å²) in [6.07, 6.45) is 5.04. The van der Waals surface area contributed by atoms with E-state index in [4.69, 9.17) is 15.2 Å². The Bertz CT molecular complexity index is 192. The van der Waals surface area contributed by atoms with Gasteiger partial charge in [-0.1, -0.05) is 0 Å². The summed E-state index contributed by atoms with van der Waals surface area (Å²) in [7, 11) is 0. The smallest absolute Gasteiger partial charge is 0.0590 e. The van der Waals surface area contributed by atoms with Crippen LogP contribution in [0.3, 0.4) is 0 Å². The molecule has 15 heavy (non-hydrogen) atoms. The van der Waals surface area contributed by atoms with Gasteiger partial charge < -0.3 is 15.2 Å². The predicted octanol–water partition coefficient (Wildman–Crippen LogP) is 1.56. The Labute approximate surface area is 92.3 Å². The summed E-state index contributed by atoms with van der Waals surface area (Å²) in [6.45, 7) is 4.90. The van der Waals surface area contributed by atoms with Gasteiger partial charge in [-0.2, -0.15) is 0 Å². The highest BCUT2D eigenvalue weighted by Gasteiger charge is 2.31. The fourth-order valence-electron chi connectivity index (χ4n) is 2.85. The summed E-state index contributed by atoms with van der Waals surface area (Å²) >= 11 is 0. The van der Waals surface area contributed by atoms with E-state index in [2.05, 4.69) is 6.92 Å². The Balaban J connectivity index is 1.77. The first-order chi connectivity index (χ1) is 7.27. The molecule has 0 aromatic rings. The summed E-state index contributed by atoms with van der Waals surface area (Å²) in [6, 6.07) is 0.325. The number of hydrogen-bond acceptors (Lipinski definition) is 3. The number of nitrogens with two attached hydrogens (primary N) is 1. The van der Waals surface area contributed by atoms with Crippen LogP contribution in [0.25, 0.3) is 0 Å². The first-order valence-corrected chi connectivity index (χ1v) is 6.22. The zero-order valence-corrected chi connectivity index (χ0v) is 9.65. The van der Waals surface area contributed by atoms with Crippen molar-refractivity contribution in [2.75, 3.05) is 19.8 Å². The van der Waals surface area contributed by atoms with Gasteiger partial charge in [-0.05, 0) is 38.5 Å². The van der Waals surface area contributed by atoms with Crippen LogP contribution < -0.4 is 5.73 Å². The van der Waals surface area contributed by atoms with Crippen molar-refractivity contribution in [1.29, 1.82) is 0 Å². The quantitative estimate of drug-likeness (QED) is 0.773. The van der Waals surface area contributed by atoms with Gasteiger partial charge in [0.2, 0.25) is 0 Å². The minimum absolute atomic E-state index is 0.325. The van der Waals surface area contributed by atoms with Crippen LogP contribution in [-0.4, -0.2) is 32.0 Å². The van der Waals surface area contributed by atoms with Crippen molar-refractivity contribution in [2.24, 2.45) is 17.6 Å². The van der Waals surface area contributed by atoms with E-state index in [9.17, 15) is 0 Å². The zero-order valence-electron chi connectivity index (χ0n) is 9.65. The third kappa shape index (κ3) is 2.92. The van der Waals surface area contributed by atoms with Gasteiger partial charge in [0.15, 0.2) is 0 Å². The van der Waals surface area contributed by atoms with Crippen molar-refractivity contribution in [3.63, 3.8) is 0 Å². The second-order valence-corrected chi connectivity index (χ2v) is 4.98. The highest BCUT2D eigenvalue weighted by atomic mass is 16.5. The molecule has 2 aliphatic heterocycles. The highest BCUT2D eigenvalue weighted by molar-refractivity contribution is 4.84. The molecule has 0 radical (unpaired) electrons. The molecule has 0 amide bonds. The summed E-state index contributed by atoms with van der Waals surface area (Å²) in [4.78, 5) is 0. The van der Waals surface area contributed by atoms with Gasteiger partial charge in [0.1, 0.15) is 0 Å². The monoisotopic (exact) mass is 213 g/mol. The lowest BCUT2D eigenvalue weighted by molar-refractivity contribution is 0.0552. The third-order valence-electron chi connectivity index (χ3n) is 3.93. The van der Waals surface area contributed by atoms with E-state index >= 15 is 0 Å². The lowest BCUT2D eigenvalue weighted by atomic mass is 9.84. The van der Waals surface area contributed by atoms with Gasteiger partial charge in [-0.15, -0.1) is 0 Å². The Morgan fingerprint density at radius 2 is 1.93 bits per heavy atom. The molecule has 3 nitrogen and oxygen atoms in total. The average Bonchev–Trinajstić information content (AvgIpc) is 2.66. The number of rotatable bonds is 3. The maximum atomic E-state index is 6.28. The van der Waals surface area contributed by atoms with Crippen LogP contribution in [0.5, 0.6) is 0 Å². The van der Waals surface area contributed by atoms with Gasteiger partial charge in [-0.25, -0.2) is 0 Å². The van der Waals surface area contributed by atoms with Crippen LogP contribution in [0.2, 0.25) is 0 Å². The zero-order chi connectivity index (χ0) is 10.7. The first-order valence-electron chi connectivity index (χ1n) is 6.22. The van der Waals surface area contributed by atoms with Crippen LogP contribution >= 0.6 is 0 Å². The molecule has 2 rings (SSSR count). The van der Waals surface area contributed by atoms with Gasteiger partial charge in [0.25, 0.3) is 0 Å². The molecule has 0 bridgehead atoms. The largest absolute Gasteiger partial charge is 0.381 e. The van der Waals surface area contributed by atoms with Crippen LogP contribution in [-0.2, 0) is 9.47 Å². The molecule has 3 heteroatoms. The summed E-state index contributed by atoms with van der Waals surface area (Å²) in [5.41, 5.74) is 6.28. The van der Waals surface area contributed by atoms with Gasteiger partial charge >= 0.3 is 0 Å². The van der Waals surface area contributed by atoms with Crippen molar-refractivity contribution in [3.8, 4) is 0 Å². The fourth-order valence-corrected chi connectivity index (χ4v) is 2.85. The molecule has 3 atom stereocenters. The van der Waals surface area contributed by atoms with Crippen LogP contribution in [0.4, 0.5) is 0 Å². The van der Waals surface area contributed by atoms with Gasteiger partial charge in [0, 0.05) is 31.8 Å². The van der Waals surface area contributed by atoms with E-state index in [1.165, 1.54) is 12.8 Å². The Morgan fingerprint density at radius 1 is 1.20 bits per heavy atom. The molecule has 2 fully saturated rings. The molecule has 0 aromatic carbocycles. The van der Waals surface area contributed by atoms with E-state index in [0.717, 1.165) is 38.6 Å².